The van der Waals surface area contributed by atoms with Gasteiger partial charge in [-0.05, 0) is 116 Å². The Morgan fingerprint density at radius 1 is 0.459 bits per heavy atom. The SMILES string of the molecule is COc1ccccc1-c1cccc2cnc(Cl)nc12.COc1ccccc1-c1cccc2cnc(Nc3cnn(C4CCCCC4)c3)nc12.COc1ccccc1-c1cccc2cnc(Nc3cnn(C4CCN(C(=O)OC(C)(C)C)CC4)c3)nc12.COc1ccccc1B(O)O.Clc1ncc2cccc(Br)c2n1. The van der Waals surface area contributed by atoms with Gasteiger partial charge in [-0.2, -0.15) is 10.2 Å². The van der Waals surface area contributed by atoms with E-state index in [0.29, 0.717) is 42.2 Å². The van der Waals surface area contributed by atoms with Gasteiger partial charge in [0.15, 0.2) is 0 Å². The highest BCUT2D eigenvalue weighted by Gasteiger charge is 2.29. The zero-order valence-electron chi connectivity index (χ0n) is 61.2. The number of aromatic nitrogens is 12. The van der Waals surface area contributed by atoms with Gasteiger partial charge in [0, 0.05) is 115 Å². The van der Waals surface area contributed by atoms with Crippen LogP contribution in [0.2, 0.25) is 10.6 Å². The highest BCUT2D eigenvalue weighted by Crippen LogP contribution is 2.39. The normalized spacial score (nSPS) is 12.9. The van der Waals surface area contributed by atoms with Crippen molar-refractivity contribution >= 4 is 125 Å². The van der Waals surface area contributed by atoms with Crippen molar-refractivity contribution in [3.63, 3.8) is 0 Å². The number of benzene rings is 8. The average molecular weight is 1570 g/mol. The van der Waals surface area contributed by atoms with Crippen LogP contribution in [0.4, 0.5) is 28.1 Å². The van der Waals surface area contributed by atoms with Gasteiger partial charge < -0.3 is 49.3 Å². The zero-order valence-corrected chi connectivity index (χ0v) is 64.3. The van der Waals surface area contributed by atoms with Gasteiger partial charge >= 0.3 is 13.2 Å². The summed E-state index contributed by atoms with van der Waals surface area (Å²) in [6.45, 7) is 6.93. The van der Waals surface area contributed by atoms with Crippen LogP contribution in [0.5, 0.6) is 23.0 Å². The van der Waals surface area contributed by atoms with Crippen molar-refractivity contribution in [2.75, 3.05) is 52.2 Å². The fourth-order valence-electron chi connectivity index (χ4n) is 12.8. The first-order valence-electron chi connectivity index (χ1n) is 35.4. The number of hydrogen-bond acceptors (Lipinski definition) is 20. The van der Waals surface area contributed by atoms with E-state index in [4.69, 9.17) is 66.9 Å². The molecule has 16 rings (SSSR count). The second-order valence-corrected chi connectivity index (χ2v) is 28.0. The van der Waals surface area contributed by atoms with Crippen LogP contribution in [0.1, 0.15) is 77.8 Å². The first kappa shape index (κ1) is 77.3. The van der Waals surface area contributed by atoms with Gasteiger partial charge in [-0.15, -0.1) is 0 Å². The number of nitrogens with one attached hydrogen (secondary N) is 2. The maximum Gasteiger partial charge on any atom is 0.492 e. The van der Waals surface area contributed by atoms with Crippen molar-refractivity contribution in [2.24, 2.45) is 0 Å². The summed E-state index contributed by atoms with van der Waals surface area (Å²) in [4.78, 5) is 49.1. The predicted octanol–water partition coefficient (Wildman–Crippen LogP) is 17.9. The Hall–Kier alpha value is -11.3. The van der Waals surface area contributed by atoms with Gasteiger partial charge in [-0.1, -0.05) is 159 Å². The van der Waals surface area contributed by atoms with E-state index in [0.717, 1.165) is 123 Å². The number of para-hydroxylation sites is 8. The van der Waals surface area contributed by atoms with Crippen molar-refractivity contribution in [1.29, 1.82) is 0 Å². The van der Waals surface area contributed by atoms with E-state index < -0.39 is 12.7 Å². The number of anilines is 4. The van der Waals surface area contributed by atoms with E-state index >= 15 is 0 Å². The molecule has 1 saturated carbocycles. The first-order valence-corrected chi connectivity index (χ1v) is 37.0. The van der Waals surface area contributed by atoms with Crippen molar-refractivity contribution in [1.82, 2.24) is 64.3 Å². The molecule has 1 aliphatic heterocycles. The van der Waals surface area contributed by atoms with Crippen LogP contribution in [0.3, 0.4) is 0 Å². The van der Waals surface area contributed by atoms with Crippen molar-refractivity contribution in [2.45, 2.75) is 83.4 Å². The molecule has 1 amide bonds. The number of fused-ring (bicyclic) bond motifs is 4. The second-order valence-electron chi connectivity index (χ2n) is 26.4. The summed E-state index contributed by atoms with van der Waals surface area (Å²) >= 11 is 14.9. The number of methoxy groups -OCH3 is 4. The van der Waals surface area contributed by atoms with E-state index in [1.807, 2.05) is 184 Å². The Morgan fingerprint density at radius 2 is 0.835 bits per heavy atom. The lowest BCUT2D eigenvalue weighted by Crippen LogP contribution is -2.42. The molecule has 6 aromatic heterocycles. The quantitative estimate of drug-likeness (QED) is 0.0582. The lowest BCUT2D eigenvalue weighted by atomic mass is 9.80. The minimum atomic E-state index is -1.47. The van der Waals surface area contributed by atoms with Crippen molar-refractivity contribution in [3.05, 3.63) is 234 Å². The van der Waals surface area contributed by atoms with Crippen LogP contribution in [0.25, 0.3) is 77.0 Å². The summed E-state index contributed by atoms with van der Waals surface area (Å²) in [7, 11) is 5.04. The van der Waals surface area contributed by atoms with E-state index in [1.165, 1.54) is 39.2 Å². The molecule has 556 valence electrons. The molecule has 0 radical (unpaired) electrons. The molecule has 0 atom stereocenters. The minimum absolute atomic E-state index is 0.212. The summed E-state index contributed by atoms with van der Waals surface area (Å²) in [5.41, 5.74) is 11.0. The number of likely N-dealkylation sites (tertiary alicyclic amines) is 1. The molecule has 2 aliphatic rings. The molecule has 1 aliphatic carbocycles. The Bertz CT molecular complexity index is 5430. The Morgan fingerprint density at radius 3 is 1.27 bits per heavy atom. The van der Waals surface area contributed by atoms with Crippen molar-refractivity contribution in [3.8, 4) is 56.4 Å². The van der Waals surface area contributed by atoms with Gasteiger partial charge in [0.2, 0.25) is 22.5 Å². The maximum absolute atomic E-state index is 12.4. The minimum Gasteiger partial charge on any atom is -0.497 e. The molecule has 0 bridgehead atoms. The summed E-state index contributed by atoms with van der Waals surface area (Å²) in [5, 5.41) is 37.8. The molecule has 4 N–H and O–H groups in total. The van der Waals surface area contributed by atoms with Crippen LogP contribution < -0.4 is 35.0 Å². The topological polar surface area (TPSA) is 270 Å². The third kappa shape index (κ3) is 19.7. The number of halogens is 3. The molecule has 109 heavy (non-hydrogen) atoms. The Balaban J connectivity index is 0.000000137. The summed E-state index contributed by atoms with van der Waals surface area (Å²) in [6, 6.07) is 55.1. The molecule has 1 saturated heterocycles. The fourth-order valence-corrected chi connectivity index (χ4v) is 13.6. The smallest absolute Gasteiger partial charge is 0.492 e. The van der Waals surface area contributed by atoms with Gasteiger partial charge in [0.05, 0.1) is 86.4 Å². The van der Waals surface area contributed by atoms with Crippen LogP contribution in [-0.4, -0.2) is 135 Å². The van der Waals surface area contributed by atoms with E-state index in [2.05, 4.69) is 89.7 Å². The second kappa shape index (κ2) is 36.5. The van der Waals surface area contributed by atoms with Crippen molar-refractivity contribution < 1.29 is 38.5 Å². The Labute approximate surface area is 649 Å². The Kier molecular flexibility index (Phi) is 25.9. The number of ether oxygens (including phenoxy) is 5. The number of piperidine rings is 1. The monoisotopic (exact) mass is 1560 g/mol. The van der Waals surface area contributed by atoms with E-state index in [-0.39, 0.29) is 22.7 Å². The van der Waals surface area contributed by atoms with Crippen LogP contribution in [0.15, 0.2) is 224 Å². The van der Waals surface area contributed by atoms with Gasteiger partial charge in [-0.25, -0.2) is 44.7 Å². The van der Waals surface area contributed by atoms with Gasteiger partial charge in [0.25, 0.3) is 0 Å². The molecular weight excluding hydrogens is 1480 g/mol. The van der Waals surface area contributed by atoms with E-state index in [1.54, 1.807) is 69.1 Å². The third-order valence-corrected chi connectivity index (χ3v) is 19.1. The standard InChI is InChI=1S/C28H32N6O3.C24H25N5O.C15H11ClN2O.C8H4BrClN2.C7H9BO3/c1-28(2,3)37-27(35)33-14-12-21(13-15-33)34-18-20(17-30-34)31-26-29-16-19-8-7-10-23(25(19)32-26)22-9-5-6-11-24(22)36-4;1-30-22-13-6-5-11-20(22)21-12-7-8-17-14-25-24(28-23(17)21)27-18-15-26-29(16-18)19-9-3-2-4-10-19;1-19-13-8-3-2-6-11(13)12-7-4-5-10-9-17-15(16)18-14(10)12;9-6-3-1-2-5-4-11-8(10)12-7(5)6;1-11-7-5-3-2-4-6(7)8(9)10/h5-11,16-18,21H,12-15H2,1-4H3,(H,29,31,32);5-8,11-16,19H,2-4,9-10H2,1H3,(H,25,27,28);2-9H,1H3;1-4H;2-5,9-10H,1H3. The number of carbonyl (C=O) groups is 1. The lowest BCUT2D eigenvalue weighted by molar-refractivity contribution is 0.0184. The molecule has 7 heterocycles. The maximum atomic E-state index is 12.4. The molecule has 0 unspecified atom stereocenters. The van der Waals surface area contributed by atoms with Crippen LogP contribution in [0, 0.1) is 0 Å². The highest BCUT2D eigenvalue weighted by atomic mass is 79.9. The van der Waals surface area contributed by atoms with Crippen LogP contribution >= 0.6 is 39.1 Å². The number of rotatable bonds is 14. The molecule has 8 aromatic carbocycles. The van der Waals surface area contributed by atoms with Crippen LogP contribution in [-0.2, 0) is 4.74 Å². The lowest BCUT2D eigenvalue weighted by Gasteiger charge is -2.33. The predicted molar refractivity (Wildman–Crippen MR) is 434 cm³/mol. The molecule has 14 aromatic rings. The van der Waals surface area contributed by atoms with E-state index in [9.17, 15) is 4.79 Å². The fraction of sp³-hybridized carbons (Fsp3) is 0.232. The number of amides is 1. The summed E-state index contributed by atoms with van der Waals surface area (Å²) in [5.74, 6) is 3.98. The summed E-state index contributed by atoms with van der Waals surface area (Å²) in [6.07, 6.45) is 22.5. The first-order chi connectivity index (χ1) is 52.9. The highest BCUT2D eigenvalue weighted by molar-refractivity contribution is 9.10. The summed E-state index contributed by atoms with van der Waals surface area (Å²) < 4.78 is 31.9. The molecule has 2 fully saturated rings. The molecular formula is C82H81BBrCl2N15O8. The molecule has 23 nitrogen and oxygen atoms in total. The van der Waals surface area contributed by atoms with Gasteiger partial charge in [-0.3, -0.25) is 9.36 Å². The number of nitrogens with zero attached hydrogens (tertiary/aromatic N) is 13. The number of hydrogen-bond donors (Lipinski definition) is 4. The third-order valence-electron chi connectivity index (χ3n) is 18.1. The van der Waals surface area contributed by atoms with Gasteiger partial charge in [0.1, 0.15) is 28.6 Å². The largest absolute Gasteiger partial charge is 0.497 e. The molecule has 0 spiro atoms. The average Bonchev–Trinajstić information content (AvgIpc) is 1.37. The zero-order chi connectivity index (χ0) is 76.4. The molecule has 27 heteroatoms. The number of carbonyl (C=O) groups excluding carboxylic acids is 1.